The first-order valence-corrected chi connectivity index (χ1v) is 7.16. The van der Waals surface area contributed by atoms with Gasteiger partial charge in [-0.2, -0.15) is 0 Å². The van der Waals surface area contributed by atoms with Crippen molar-refractivity contribution in [1.29, 1.82) is 0 Å². The molecular formula is C16H15Cl2NO. The van der Waals surface area contributed by atoms with Gasteiger partial charge in [0.25, 0.3) is 0 Å². The SMILES string of the molecule is CCC(=O)N(Cc1ccc(Cl)cc1)c1ccc(Cl)cc1. The third-order valence-corrected chi connectivity index (χ3v) is 3.50. The highest BCUT2D eigenvalue weighted by molar-refractivity contribution is 6.30. The molecule has 0 fully saturated rings. The maximum absolute atomic E-state index is 12.1. The summed E-state index contributed by atoms with van der Waals surface area (Å²) in [5, 5.41) is 1.35. The zero-order chi connectivity index (χ0) is 14.5. The van der Waals surface area contributed by atoms with E-state index in [0.717, 1.165) is 11.3 Å². The Kier molecular flexibility index (Phi) is 5.05. The molecule has 0 saturated heterocycles. The van der Waals surface area contributed by atoms with Gasteiger partial charge in [-0.1, -0.05) is 42.3 Å². The lowest BCUT2D eigenvalue weighted by atomic mass is 10.2. The number of benzene rings is 2. The van der Waals surface area contributed by atoms with Gasteiger partial charge in [0.05, 0.1) is 6.54 Å². The van der Waals surface area contributed by atoms with Crippen molar-refractivity contribution in [1.82, 2.24) is 0 Å². The average molecular weight is 308 g/mol. The van der Waals surface area contributed by atoms with Gasteiger partial charge in [0.1, 0.15) is 0 Å². The fourth-order valence-electron chi connectivity index (χ4n) is 1.91. The number of carbonyl (C=O) groups is 1. The molecule has 0 atom stereocenters. The fraction of sp³-hybridized carbons (Fsp3) is 0.188. The van der Waals surface area contributed by atoms with Crippen molar-refractivity contribution in [3.8, 4) is 0 Å². The highest BCUT2D eigenvalue weighted by atomic mass is 35.5. The molecule has 2 rings (SSSR count). The van der Waals surface area contributed by atoms with Gasteiger partial charge in [-0.25, -0.2) is 0 Å². The molecular weight excluding hydrogens is 293 g/mol. The maximum atomic E-state index is 12.1. The lowest BCUT2D eigenvalue weighted by molar-refractivity contribution is -0.118. The smallest absolute Gasteiger partial charge is 0.227 e. The standard InChI is InChI=1S/C16H15Cl2NO/c1-2-16(20)19(15-9-7-14(18)8-10-15)11-12-3-5-13(17)6-4-12/h3-10H,2,11H2,1H3. The molecule has 4 heteroatoms. The number of amides is 1. The number of nitrogens with zero attached hydrogens (tertiary/aromatic N) is 1. The van der Waals surface area contributed by atoms with E-state index in [4.69, 9.17) is 23.2 Å². The second-order valence-corrected chi connectivity index (χ2v) is 5.31. The molecule has 0 aliphatic rings. The molecule has 2 aromatic rings. The Labute approximate surface area is 128 Å². The quantitative estimate of drug-likeness (QED) is 0.783. The highest BCUT2D eigenvalue weighted by Gasteiger charge is 2.14. The maximum Gasteiger partial charge on any atom is 0.227 e. The van der Waals surface area contributed by atoms with Crippen LogP contribution >= 0.6 is 23.2 Å². The largest absolute Gasteiger partial charge is 0.308 e. The van der Waals surface area contributed by atoms with Gasteiger partial charge in [0.15, 0.2) is 0 Å². The van der Waals surface area contributed by atoms with E-state index in [1.165, 1.54) is 0 Å². The van der Waals surface area contributed by atoms with E-state index in [-0.39, 0.29) is 5.91 Å². The number of rotatable bonds is 4. The van der Waals surface area contributed by atoms with Crippen LogP contribution in [0, 0.1) is 0 Å². The summed E-state index contributed by atoms with van der Waals surface area (Å²) < 4.78 is 0. The second-order valence-electron chi connectivity index (χ2n) is 4.44. The van der Waals surface area contributed by atoms with Crippen molar-refractivity contribution < 1.29 is 4.79 Å². The van der Waals surface area contributed by atoms with Gasteiger partial charge >= 0.3 is 0 Å². The molecule has 1 amide bonds. The molecule has 0 heterocycles. The molecule has 0 saturated carbocycles. The average Bonchev–Trinajstić information content (AvgIpc) is 2.47. The lowest BCUT2D eigenvalue weighted by Crippen LogP contribution is -2.29. The van der Waals surface area contributed by atoms with Crippen LogP contribution in [0.2, 0.25) is 10.0 Å². The van der Waals surface area contributed by atoms with E-state index in [1.54, 1.807) is 17.0 Å². The summed E-state index contributed by atoms with van der Waals surface area (Å²) in [4.78, 5) is 13.9. The summed E-state index contributed by atoms with van der Waals surface area (Å²) in [6.45, 7) is 2.37. The normalized spacial score (nSPS) is 10.3. The number of carbonyl (C=O) groups excluding carboxylic acids is 1. The summed E-state index contributed by atoms with van der Waals surface area (Å²) in [7, 11) is 0. The van der Waals surface area contributed by atoms with E-state index < -0.39 is 0 Å². The van der Waals surface area contributed by atoms with E-state index in [0.29, 0.717) is 23.0 Å². The van der Waals surface area contributed by atoms with Crippen LogP contribution in [-0.2, 0) is 11.3 Å². The molecule has 0 aliphatic carbocycles. The van der Waals surface area contributed by atoms with Gasteiger partial charge in [-0.3, -0.25) is 4.79 Å². The molecule has 0 bridgehead atoms. The van der Waals surface area contributed by atoms with E-state index in [9.17, 15) is 4.79 Å². The minimum absolute atomic E-state index is 0.0715. The fourth-order valence-corrected chi connectivity index (χ4v) is 2.16. The third kappa shape index (κ3) is 3.75. The van der Waals surface area contributed by atoms with Crippen molar-refractivity contribution in [3.63, 3.8) is 0 Å². The van der Waals surface area contributed by atoms with Gasteiger partial charge in [-0.05, 0) is 42.0 Å². The van der Waals surface area contributed by atoms with Crippen molar-refractivity contribution in [3.05, 3.63) is 64.1 Å². The van der Waals surface area contributed by atoms with Crippen LogP contribution in [0.3, 0.4) is 0 Å². The van der Waals surface area contributed by atoms with E-state index in [2.05, 4.69) is 0 Å². The zero-order valence-corrected chi connectivity index (χ0v) is 12.7. The predicted molar refractivity (Wildman–Crippen MR) is 84.4 cm³/mol. The molecule has 0 unspecified atom stereocenters. The second kappa shape index (κ2) is 6.78. The minimum Gasteiger partial charge on any atom is -0.308 e. The molecule has 2 aromatic carbocycles. The van der Waals surface area contributed by atoms with Crippen LogP contribution in [0.25, 0.3) is 0 Å². The Hall–Kier alpha value is -1.51. The van der Waals surface area contributed by atoms with Crippen LogP contribution in [0.1, 0.15) is 18.9 Å². The van der Waals surface area contributed by atoms with Gasteiger partial charge in [0.2, 0.25) is 5.91 Å². The number of hydrogen-bond acceptors (Lipinski definition) is 1. The van der Waals surface area contributed by atoms with Gasteiger partial charge in [0, 0.05) is 22.2 Å². The van der Waals surface area contributed by atoms with Crippen molar-refractivity contribution >= 4 is 34.8 Å². The Balaban J connectivity index is 2.26. The molecule has 0 N–H and O–H groups in total. The Morgan fingerprint density at radius 3 is 1.95 bits per heavy atom. The lowest BCUT2D eigenvalue weighted by Gasteiger charge is -2.22. The minimum atomic E-state index is 0.0715. The Morgan fingerprint density at radius 2 is 1.45 bits per heavy atom. The topological polar surface area (TPSA) is 20.3 Å². The first-order valence-electron chi connectivity index (χ1n) is 6.40. The molecule has 0 aromatic heterocycles. The molecule has 2 nitrogen and oxygen atoms in total. The van der Waals surface area contributed by atoms with E-state index in [1.807, 2.05) is 43.3 Å². The van der Waals surface area contributed by atoms with Crippen molar-refractivity contribution in [2.45, 2.75) is 19.9 Å². The Morgan fingerprint density at radius 1 is 0.950 bits per heavy atom. The molecule has 0 spiro atoms. The zero-order valence-electron chi connectivity index (χ0n) is 11.1. The van der Waals surface area contributed by atoms with Crippen molar-refractivity contribution in [2.75, 3.05) is 4.90 Å². The summed E-state index contributed by atoms with van der Waals surface area (Å²) >= 11 is 11.8. The van der Waals surface area contributed by atoms with Crippen LogP contribution < -0.4 is 4.90 Å². The summed E-state index contributed by atoms with van der Waals surface area (Å²) in [5.41, 5.74) is 1.88. The van der Waals surface area contributed by atoms with Crippen LogP contribution in [-0.4, -0.2) is 5.91 Å². The van der Waals surface area contributed by atoms with Crippen LogP contribution in [0.15, 0.2) is 48.5 Å². The number of anilines is 1. The first-order chi connectivity index (χ1) is 9.60. The summed E-state index contributed by atoms with van der Waals surface area (Å²) in [6, 6.07) is 14.8. The van der Waals surface area contributed by atoms with Crippen LogP contribution in [0.4, 0.5) is 5.69 Å². The first kappa shape index (κ1) is 14.9. The van der Waals surface area contributed by atoms with Crippen LogP contribution in [0.5, 0.6) is 0 Å². The summed E-state index contributed by atoms with van der Waals surface area (Å²) in [5.74, 6) is 0.0715. The number of halogens is 2. The highest BCUT2D eigenvalue weighted by Crippen LogP contribution is 2.21. The molecule has 104 valence electrons. The molecule has 0 radical (unpaired) electrons. The number of hydrogen-bond donors (Lipinski definition) is 0. The van der Waals surface area contributed by atoms with E-state index >= 15 is 0 Å². The predicted octanol–water partition coefficient (Wildman–Crippen LogP) is 4.94. The molecule has 20 heavy (non-hydrogen) atoms. The summed E-state index contributed by atoms with van der Waals surface area (Å²) in [6.07, 6.45) is 0.455. The molecule has 0 aliphatic heterocycles. The van der Waals surface area contributed by atoms with Gasteiger partial charge in [-0.15, -0.1) is 0 Å². The monoisotopic (exact) mass is 307 g/mol. The third-order valence-electron chi connectivity index (χ3n) is 3.00. The Bertz CT molecular complexity index is 578. The van der Waals surface area contributed by atoms with Crippen molar-refractivity contribution in [2.24, 2.45) is 0 Å². The van der Waals surface area contributed by atoms with Gasteiger partial charge < -0.3 is 4.90 Å².